The number of ether oxygens (including phenoxy) is 1. The van der Waals surface area contributed by atoms with Crippen LogP contribution in [0.4, 0.5) is 0 Å². The minimum Gasteiger partial charge on any atom is -0.508 e. The molecule has 1 amide bonds. The molecule has 2 aliphatic rings. The van der Waals surface area contributed by atoms with E-state index in [1.165, 1.54) is 0 Å². The minimum absolute atomic E-state index is 0.0364. The highest BCUT2D eigenvalue weighted by Crippen LogP contribution is 2.38. The van der Waals surface area contributed by atoms with Crippen molar-refractivity contribution in [2.75, 3.05) is 20.7 Å². The summed E-state index contributed by atoms with van der Waals surface area (Å²) in [6.45, 7) is 8.65. The van der Waals surface area contributed by atoms with Crippen molar-refractivity contribution in [2.45, 2.75) is 39.4 Å². The summed E-state index contributed by atoms with van der Waals surface area (Å²) in [6.07, 6.45) is 2.16. The Morgan fingerprint density at radius 3 is 2.81 bits per heavy atom. The molecule has 4 rings (SSSR count). The van der Waals surface area contributed by atoms with Crippen LogP contribution in [0.5, 0.6) is 5.75 Å². The molecule has 2 aromatic rings. The number of fused-ring (bicyclic) bond motifs is 2. The maximum atomic E-state index is 13.5. The van der Waals surface area contributed by atoms with E-state index in [9.17, 15) is 14.7 Å². The summed E-state index contributed by atoms with van der Waals surface area (Å²) in [7, 11) is 3.90. The molecule has 1 N–H and O–H groups in total. The van der Waals surface area contributed by atoms with E-state index >= 15 is 0 Å². The molecular formula is C25H29N3O4. The second-order valence-corrected chi connectivity index (χ2v) is 8.72. The molecule has 0 spiro atoms. The molecule has 0 saturated heterocycles. The molecule has 1 aromatic heterocycles. The number of hydrogen-bond acceptors (Lipinski definition) is 6. The third kappa shape index (κ3) is 3.56. The SMILES string of the molecule is C=CC1=C(C(=O)N2Cc3cc4c(CN(C)C)c(O)ccc4nc3C2C)COC(=O)[C@@H]1CC. The summed E-state index contributed by atoms with van der Waals surface area (Å²) >= 11 is 0. The Hall–Kier alpha value is -3.19. The normalized spacial score (nSPS) is 20.7. The van der Waals surface area contributed by atoms with E-state index in [4.69, 9.17) is 9.72 Å². The van der Waals surface area contributed by atoms with Gasteiger partial charge in [0.2, 0.25) is 0 Å². The molecule has 1 aromatic carbocycles. The van der Waals surface area contributed by atoms with Crippen LogP contribution in [0.2, 0.25) is 0 Å². The zero-order valence-electron chi connectivity index (χ0n) is 19.0. The summed E-state index contributed by atoms with van der Waals surface area (Å²) in [5.41, 5.74) is 4.58. The van der Waals surface area contributed by atoms with E-state index in [2.05, 4.69) is 6.58 Å². The minimum atomic E-state index is -0.460. The number of benzene rings is 1. The Morgan fingerprint density at radius 1 is 1.41 bits per heavy atom. The fourth-order valence-corrected chi connectivity index (χ4v) is 4.71. The van der Waals surface area contributed by atoms with Gasteiger partial charge in [0.05, 0.1) is 28.7 Å². The van der Waals surface area contributed by atoms with Crippen molar-refractivity contribution in [3.05, 3.63) is 58.8 Å². The van der Waals surface area contributed by atoms with E-state index in [0.717, 1.165) is 27.7 Å². The van der Waals surface area contributed by atoms with Gasteiger partial charge in [0.1, 0.15) is 12.4 Å². The Balaban J connectivity index is 1.73. The van der Waals surface area contributed by atoms with Gasteiger partial charge in [-0.05, 0) is 56.8 Å². The fraction of sp³-hybridized carbons (Fsp3) is 0.400. The number of amides is 1. The standard InChI is InChI=1S/C25H29N3O4/c1-6-16-17(7-2)25(31)32-13-20(16)24(30)28-11-15-10-18-19(12-27(4)5)22(29)9-8-21(18)26-23(15)14(28)3/h6,8-10,14,17,29H,1,7,11-13H2,2-5H3/t14?,17-/m1/s1. The maximum absolute atomic E-state index is 13.5. The molecule has 3 heterocycles. The van der Waals surface area contributed by atoms with Crippen molar-refractivity contribution < 1.29 is 19.4 Å². The number of aromatic nitrogens is 1. The molecule has 0 fully saturated rings. The highest BCUT2D eigenvalue weighted by atomic mass is 16.5. The van der Waals surface area contributed by atoms with Crippen molar-refractivity contribution in [3.63, 3.8) is 0 Å². The largest absolute Gasteiger partial charge is 0.508 e. The summed E-state index contributed by atoms with van der Waals surface area (Å²) in [5.74, 6) is -0.685. The quantitative estimate of drug-likeness (QED) is 0.724. The van der Waals surface area contributed by atoms with Crippen LogP contribution >= 0.6 is 0 Å². The van der Waals surface area contributed by atoms with Crippen LogP contribution < -0.4 is 0 Å². The molecule has 1 unspecified atom stereocenters. The molecule has 0 saturated carbocycles. The number of rotatable bonds is 5. The molecular weight excluding hydrogens is 406 g/mol. The molecule has 2 atom stereocenters. The number of hydrogen-bond donors (Lipinski definition) is 1. The monoisotopic (exact) mass is 435 g/mol. The molecule has 0 bridgehead atoms. The summed E-state index contributed by atoms with van der Waals surface area (Å²) in [6, 6.07) is 5.31. The zero-order chi connectivity index (χ0) is 23.2. The molecule has 168 valence electrons. The van der Waals surface area contributed by atoms with Gasteiger partial charge in [-0.25, -0.2) is 0 Å². The Morgan fingerprint density at radius 2 is 2.16 bits per heavy atom. The van der Waals surface area contributed by atoms with Crippen molar-refractivity contribution in [3.8, 4) is 5.75 Å². The predicted octanol–water partition coefficient (Wildman–Crippen LogP) is 3.47. The first-order valence-corrected chi connectivity index (χ1v) is 10.9. The molecule has 0 radical (unpaired) electrons. The number of cyclic esters (lactones) is 1. The first-order valence-electron chi connectivity index (χ1n) is 10.9. The molecule has 32 heavy (non-hydrogen) atoms. The highest BCUT2D eigenvalue weighted by molar-refractivity contribution is 5.98. The Bertz CT molecular complexity index is 1150. The van der Waals surface area contributed by atoms with Crippen LogP contribution in [-0.2, 0) is 27.4 Å². The third-order valence-corrected chi connectivity index (χ3v) is 6.39. The smallest absolute Gasteiger partial charge is 0.313 e. The number of phenols is 1. The van der Waals surface area contributed by atoms with Crippen molar-refractivity contribution in [1.82, 2.24) is 14.8 Å². The Kier molecular flexibility index (Phi) is 5.77. The van der Waals surface area contributed by atoms with Gasteiger partial charge in [-0.1, -0.05) is 19.6 Å². The number of esters is 1. The van der Waals surface area contributed by atoms with E-state index in [1.54, 1.807) is 17.0 Å². The lowest BCUT2D eigenvalue weighted by atomic mass is 9.89. The van der Waals surface area contributed by atoms with Gasteiger partial charge in [0.25, 0.3) is 5.91 Å². The van der Waals surface area contributed by atoms with Gasteiger partial charge < -0.3 is 19.6 Å². The molecule has 0 aliphatic carbocycles. The number of carbonyl (C=O) groups excluding carboxylic acids is 2. The lowest BCUT2D eigenvalue weighted by molar-refractivity contribution is -0.148. The van der Waals surface area contributed by atoms with Gasteiger partial charge in [-0.3, -0.25) is 14.6 Å². The van der Waals surface area contributed by atoms with Gasteiger partial charge in [-0.2, -0.15) is 0 Å². The molecule has 7 heteroatoms. The van der Waals surface area contributed by atoms with Crippen LogP contribution in [0.1, 0.15) is 43.1 Å². The zero-order valence-corrected chi connectivity index (χ0v) is 19.0. The number of phenolic OH excluding ortho intramolecular Hbond substituents is 1. The number of aromatic hydroxyl groups is 1. The van der Waals surface area contributed by atoms with Crippen LogP contribution in [0.25, 0.3) is 10.9 Å². The second-order valence-electron chi connectivity index (χ2n) is 8.72. The maximum Gasteiger partial charge on any atom is 0.313 e. The first-order chi connectivity index (χ1) is 15.3. The van der Waals surface area contributed by atoms with E-state index in [-0.39, 0.29) is 30.3 Å². The van der Waals surface area contributed by atoms with Gasteiger partial charge in [-0.15, -0.1) is 0 Å². The number of carbonyl (C=O) groups is 2. The summed E-state index contributed by atoms with van der Waals surface area (Å²) in [5, 5.41) is 11.3. The van der Waals surface area contributed by atoms with E-state index < -0.39 is 5.92 Å². The molecule has 2 aliphatic heterocycles. The van der Waals surface area contributed by atoms with Crippen LogP contribution in [0.3, 0.4) is 0 Å². The predicted molar refractivity (Wildman–Crippen MR) is 122 cm³/mol. The average molecular weight is 436 g/mol. The lowest BCUT2D eigenvalue weighted by Crippen LogP contribution is -2.36. The van der Waals surface area contributed by atoms with E-state index in [0.29, 0.717) is 30.7 Å². The van der Waals surface area contributed by atoms with Gasteiger partial charge >= 0.3 is 5.97 Å². The van der Waals surface area contributed by atoms with Crippen LogP contribution in [0.15, 0.2) is 42.0 Å². The fourth-order valence-electron chi connectivity index (χ4n) is 4.71. The Labute approximate surface area is 188 Å². The van der Waals surface area contributed by atoms with Gasteiger partial charge in [0, 0.05) is 24.0 Å². The topological polar surface area (TPSA) is 83.0 Å². The van der Waals surface area contributed by atoms with Crippen molar-refractivity contribution in [2.24, 2.45) is 5.92 Å². The van der Waals surface area contributed by atoms with Crippen LogP contribution in [-0.4, -0.2) is 52.5 Å². The second kappa shape index (κ2) is 8.39. The van der Waals surface area contributed by atoms with Gasteiger partial charge in [0.15, 0.2) is 0 Å². The van der Waals surface area contributed by atoms with E-state index in [1.807, 2.05) is 45.0 Å². The average Bonchev–Trinajstić information content (AvgIpc) is 3.09. The number of pyridine rings is 1. The number of allylic oxidation sites excluding steroid dienone is 1. The van der Waals surface area contributed by atoms with Crippen LogP contribution in [0, 0.1) is 5.92 Å². The third-order valence-electron chi connectivity index (χ3n) is 6.39. The first kappa shape index (κ1) is 22.0. The van der Waals surface area contributed by atoms with Crippen molar-refractivity contribution in [1.29, 1.82) is 0 Å². The highest BCUT2D eigenvalue weighted by Gasteiger charge is 2.38. The van der Waals surface area contributed by atoms with Crippen molar-refractivity contribution >= 4 is 22.8 Å². The lowest BCUT2D eigenvalue weighted by Gasteiger charge is -2.29. The summed E-state index contributed by atoms with van der Waals surface area (Å²) < 4.78 is 5.31. The number of nitrogens with zero attached hydrogens (tertiary/aromatic N) is 3. The molecule has 7 nitrogen and oxygen atoms in total. The summed E-state index contributed by atoms with van der Waals surface area (Å²) in [4.78, 5) is 34.3.